The van der Waals surface area contributed by atoms with Gasteiger partial charge in [-0.05, 0) is 23.8 Å². The Kier molecular flexibility index (Phi) is 3.38. The van der Waals surface area contributed by atoms with Crippen molar-refractivity contribution in [3.63, 3.8) is 0 Å². The smallest absolute Gasteiger partial charge is 0.262 e. The highest BCUT2D eigenvalue weighted by atomic mass is 127. The Labute approximate surface area is 125 Å². The molecule has 0 radical (unpaired) electrons. The molecular weight excluding hydrogens is 349 g/mol. The Bertz CT molecular complexity index is 745. The fourth-order valence-electron chi connectivity index (χ4n) is 2.24. The summed E-state index contributed by atoms with van der Waals surface area (Å²) in [6.07, 6.45) is 1.84. The van der Waals surface area contributed by atoms with E-state index in [-0.39, 0.29) is 5.91 Å². The van der Waals surface area contributed by atoms with Gasteiger partial charge in [0, 0.05) is 21.6 Å². The van der Waals surface area contributed by atoms with Gasteiger partial charge in [0.2, 0.25) is 0 Å². The molecule has 3 aromatic rings. The molecule has 3 rings (SSSR count). The number of hydrogen-bond acceptors (Lipinski definition) is 1. The van der Waals surface area contributed by atoms with Gasteiger partial charge in [-0.1, -0.05) is 59.0 Å². The van der Waals surface area contributed by atoms with Crippen molar-refractivity contribution in [2.75, 3.05) is 0 Å². The Balaban J connectivity index is 2.14. The van der Waals surface area contributed by atoms with Gasteiger partial charge >= 0.3 is 0 Å². The lowest BCUT2D eigenvalue weighted by Crippen LogP contribution is -2.12. The van der Waals surface area contributed by atoms with Crippen molar-refractivity contribution in [2.45, 2.75) is 4.43 Å². The van der Waals surface area contributed by atoms with E-state index >= 15 is 0 Å². The van der Waals surface area contributed by atoms with Crippen LogP contribution in [-0.2, 0) is 4.43 Å². The van der Waals surface area contributed by atoms with Crippen LogP contribution in [0.3, 0.4) is 0 Å². The predicted molar refractivity (Wildman–Crippen MR) is 85.8 cm³/mol. The molecule has 0 aliphatic heterocycles. The molecule has 3 heteroatoms. The number of fused-ring (bicyclic) bond motifs is 1. The van der Waals surface area contributed by atoms with Crippen LogP contribution in [0.4, 0.5) is 0 Å². The van der Waals surface area contributed by atoms with Crippen molar-refractivity contribution < 1.29 is 4.79 Å². The molecule has 0 unspecified atom stereocenters. The second-order valence-corrected chi connectivity index (χ2v) is 5.10. The van der Waals surface area contributed by atoms with Gasteiger partial charge in [0.1, 0.15) is 0 Å². The van der Waals surface area contributed by atoms with Crippen LogP contribution in [0.25, 0.3) is 10.9 Å². The van der Waals surface area contributed by atoms with Crippen LogP contribution in [0, 0.1) is 0 Å². The van der Waals surface area contributed by atoms with Crippen LogP contribution in [-0.4, -0.2) is 10.5 Å². The van der Waals surface area contributed by atoms with E-state index in [0.29, 0.717) is 0 Å². The molecule has 0 amide bonds. The Morgan fingerprint density at radius 3 is 2.58 bits per heavy atom. The third kappa shape index (κ3) is 2.18. The molecule has 0 saturated heterocycles. The summed E-state index contributed by atoms with van der Waals surface area (Å²) < 4.78 is 2.55. The van der Waals surface area contributed by atoms with Gasteiger partial charge in [-0.15, -0.1) is 0 Å². The molecular formula is C16H12INO. The van der Waals surface area contributed by atoms with Crippen molar-refractivity contribution in [3.05, 3.63) is 71.9 Å². The highest BCUT2D eigenvalue weighted by molar-refractivity contribution is 14.1. The minimum absolute atomic E-state index is 0.0356. The number of benzene rings is 2. The zero-order chi connectivity index (χ0) is 13.2. The summed E-state index contributed by atoms with van der Waals surface area (Å²) in [7, 11) is 0. The fraction of sp³-hybridized carbons (Fsp3) is 0.0625. The maximum atomic E-state index is 12.7. The van der Waals surface area contributed by atoms with Crippen molar-refractivity contribution in [1.82, 2.24) is 4.57 Å². The topological polar surface area (TPSA) is 22.0 Å². The van der Waals surface area contributed by atoms with E-state index in [2.05, 4.69) is 22.6 Å². The summed E-state index contributed by atoms with van der Waals surface area (Å²) >= 11 is 2.29. The molecule has 2 aromatic carbocycles. The highest BCUT2D eigenvalue weighted by Crippen LogP contribution is 2.19. The maximum absolute atomic E-state index is 12.7. The largest absolute Gasteiger partial charge is 0.283 e. The van der Waals surface area contributed by atoms with E-state index < -0.39 is 0 Å². The number of halogens is 1. The van der Waals surface area contributed by atoms with E-state index in [4.69, 9.17) is 0 Å². The second-order valence-electron chi connectivity index (χ2n) is 4.34. The zero-order valence-corrected chi connectivity index (χ0v) is 12.4. The molecule has 94 valence electrons. The second kappa shape index (κ2) is 5.17. The summed E-state index contributed by atoms with van der Waals surface area (Å²) in [6, 6.07) is 17.7. The molecule has 0 atom stereocenters. The lowest BCUT2D eigenvalue weighted by Gasteiger charge is -2.08. The minimum Gasteiger partial charge on any atom is -0.283 e. The van der Waals surface area contributed by atoms with Crippen molar-refractivity contribution in [2.24, 2.45) is 0 Å². The number of alkyl halides is 1. The number of hydrogen-bond donors (Lipinski definition) is 0. The van der Waals surface area contributed by atoms with Gasteiger partial charge in [-0.2, -0.15) is 0 Å². The first kappa shape index (κ1) is 12.4. The quantitative estimate of drug-likeness (QED) is 0.494. The van der Waals surface area contributed by atoms with Gasteiger partial charge in [0.15, 0.2) is 0 Å². The summed E-state index contributed by atoms with van der Waals surface area (Å²) in [5.41, 5.74) is 2.81. The van der Waals surface area contributed by atoms with Crippen molar-refractivity contribution in [1.29, 1.82) is 0 Å². The van der Waals surface area contributed by atoms with Crippen LogP contribution in [0.1, 0.15) is 15.9 Å². The minimum atomic E-state index is 0.0356. The third-order valence-electron chi connectivity index (χ3n) is 3.21. The van der Waals surface area contributed by atoms with Gasteiger partial charge in [-0.3, -0.25) is 9.36 Å². The molecule has 0 bridgehead atoms. The number of para-hydroxylation sites is 1. The molecule has 2 nitrogen and oxygen atoms in total. The third-order valence-corrected chi connectivity index (χ3v) is 4.03. The average molecular weight is 361 g/mol. The SMILES string of the molecule is O=C(c1ccccc1CI)n1ccc2ccccc21. The van der Waals surface area contributed by atoms with Gasteiger partial charge in [-0.25, -0.2) is 0 Å². The summed E-state index contributed by atoms with van der Waals surface area (Å²) in [5, 5.41) is 1.09. The zero-order valence-electron chi connectivity index (χ0n) is 10.2. The first-order chi connectivity index (χ1) is 9.31. The molecule has 0 spiro atoms. The average Bonchev–Trinajstić information content (AvgIpc) is 2.90. The van der Waals surface area contributed by atoms with E-state index in [9.17, 15) is 4.79 Å². The Morgan fingerprint density at radius 1 is 1.00 bits per heavy atom. The number of nitrogens with zero attached hydrogens (tertiary/aromatic N) is 1. The number of rotatable bonds is 2. The van der Waals surface area contributed by atoms with Gasteiger partial charge in [0.05, 0.1) is 5.52 Å². The predicted octanol–water partition coefficient (Wildman–Crippen LogP) is 4.26. The van der Waals surface area contributed by atoms with Crippen molar-refractivity contribution >= 4 is 39.4 Å². The molecule has 0 N–H and O–H groups in total. The Hall–Kier alpha value is -1.62. The van der Waals surface area contributed by atoms with Crippen LogP contribution >= 0.6 is 22.6 Å². The van der Waals surface area contributed by atoms with Gasteiger partial charge < -0.3 is 0 Å². The molecule has 0 fully saturated rings. The molecule has 1 aromatic heterocycles. The van der Waals surface area contributed by atoms with E-state index in [0.717, 1.165) is 26.5 Å². The normalized spacial score (nSPS) is 10.8. The van der Waals surface area contributed by atoms with Crippen LogP contribution in [0.15, 0.2) is 60.8 Å². The molecule has 0 aliphatic carbocycles. The standard InChI is InChI=1S/C16H12INO/c17-11-13-6-1-3-7-14(13)16(19)18-10-9-12-5-2-4-8-15(12)18/h1-10H,11H2. The number of carbonyl (C=O) groups is 1. The summed E-state index contributed by atoms with van der Waals surface area (Å²) in [4.78, 5) is 12.7. The van der Waals surface area contributed by atoms with Crippen LogP contribution in [0.5, 0.6) is 0 Å². The molecule has 1 heterocycles. The molecule has 0 saturated carbocycles. The van der Waals surface area contributed by atoms with E-state index in [1.54, 1.807) is 4.57 Å². The number of carbonyl (C=O) groups excluding carboxylic acids is 1. The summed E-state index contributed by atoms with van der Waals surface area (Å²) in [5.74, 6) is 0.0356. The van der Waals surface area contributed by atoms with Crippen LogP contribution in [0.2, 0.25) is 0 Å². The highest BCUT2D eigenvalue weighted by Gasteiger charge is 2.13. The molecule has 19 heavy (non-hydrogen) atoms. The number of aromatic nitrogens is 1. The fourth-order valence-corrected chi connectivity index (χ4v) is 2.90. The van der Waals surface area contributed by atoms with E-state index in [1.165, 1.54) is 0 Å². The van der Waals surface area contributed by atoms with E-state index in [1.807, 2.05) is 60.8 Å². The lowest BCUT2D eigenvalue weighted by atomic mass is 10.1. The van der Waals surface area contributed by atoms with Crippen LogP contribution < -0.4 is 0 Å². The Morgan fingerprint density at radius 2 is 1.74 bits per heavy atom. The lowest BCUT2D eigenvalue weighted by molar-refractivity contribution is 0.0964. The molecule has 0 aliphatic rings. The summed E-state index contributed by atoms with van der Waals surface area (Å²) in [6.45, 7) is 0. The maximum Gasteiger partial charge on any atom is 0.262 e. The van der Waals surface area contributed by atoms with Gasteiger partial charge in [0.25, 0.3) is 5.91 Å². The first-order valence-electron chi connectivity index (χ1n) is 6.06. The monoisotopic (exact) mass is 361 g/mol. The van der Waals surface area contributed by atoms with Crippen molar-refractivity contribution in [3.8, 4) is 0 Å². The first-order valence-corrected chi connectivity index (χ1v) is 7.58.